The normalized spacial score (nSPS) is 11.1. The standard InChI is InChI=1S/C22H17ClFN3O2S2/c1-13-3-2-4-15(9-13)27-21(29)20-18(7-8-30-20)26-22(27)31-12-19(28)25-11-14-5-6-17(24)16(23)10-14/h2-10H,11-12H2,1H3,(H,25,28). The number of nitrogens with one attached hydrogen (secondary N) is 1. The summed E-state index contributed by atoms with van der Waals surface area (Å²) in [6, 6.07) is 13.7. The molecule has 0 bridgehead atoms. The van der Waals surface area contributed by atoms with E-state index in [0.29, 0.717) is 26.6 Å². The van der Waals surface area contributed by atoms with Gasteiger partial charge in [-0.1, -0.05) is 41.6 Å². The van der Waals surface area contributed by atoms with Gasteiger partial charge in [-0.2, -0.15) is 0 Å². The molecule has 0 unspecified atom stereocenters. The Balaban J connectivity index is 1.55. The molecule has 0 radical (unpaired) electrons. The number of thiophene rings is 1. The van der Waals surface area contributed by atoms with E-state index in [1.165, 1.54) is 35.2 Å². The van der Waals surface area contributed by atoms with Gasteiger partial charge in [0, 0.05) is 6.54 Å². The molecule has 0 saturated carbocycles. The summed E-state index contributed by atoms with van der Waals surface area (Å²) in [5.74, 6) is -0.666. The third kappa shape index (κ3) is 4.81. The molecule has 1 N–H and O–H groups in total. The molecule has 2 heterocycles. The fraction of sp³-hybridized carbons (Fsp3) is 0.136. The van der Waals surface area contributed by atoms with Gasteiger partial charge in [0.25, 0.3) is 5.56 Å². The van der Waals surface area contributed by atoms with Crippen LogP contribution in [0.1, 0.15) is 11.1 Å². The predicted octanol–water partition coefficient (Wildman–Crippen LogP) is 4.96. The van der Waals surface area contributed by atoms with Crippen LogP contribution < -0.4 is 10.9 Å². The number of carbonyl (C=O) groups excluding carboxylic acids is 1. The molecule has 0 spiro atoms. The van der Waals surface area contributed by atoms with Crippen LogP contribution in [0.5, 0.6) is 0 Å². The zero-order valence-electron chi connectivity index (χ0n) is 16.4. The van der Waals surface area contributed by atoms with Crippen molar-refractivity contribution in [1.82, 2.24) is 14.9 Å². The largest absolute Gasteiger partial charge is 0.351 e. The molecule has 0 aliphatic rings. The summed E-state index contributed by atoms with van der Waals surface area (Å²) < 4.78 is 15.4. The van der Waals surface area contributed by atoms with Gasteiger partial charge in [-0.3, -0.25) is 14.2 Å². The summed E-state index contributed by atoms with van der Waals surface area (Å²) >= 11 is 8.31. The van der Waals surface area contributed by atoms with Gasteiger partial charge in [-0.15, -0.1) is 11.3 Å². The fourth-order valence-electron chi connectivity index (χ4n) is 3.01. The maximum absolute atomic E-state index is 13.3. The summed E-state index contributed by atoms with van der Waals surface area (Å²) in [5.41, 5.74) is 2.87. The molecule has 0 saturated heterocycles. The molecule has 0 fully saturated rings. The van der Waals surface area contributed by atoms with Crippen LogP contribution >= 0.6 is 34.7 Å². The second-order valence-electron chi connectivity index (χ2n) is 6.82. The van der Waals surface area contributed by atoms with Crippen molar-refractivity contribution in [3.63, 3.8) is 0 Å². The Labute approximate surface area is 190 Å². The quantitative estimate of drug-likeness (QED) is 0.317. The molecular formula is C22H17ClFN3O2S2. The molecule has 0 atom stereocenters. The molecule has 4 rings (SSSR count). The van der Waals surface area contributed by atoms with Crippen LogP contribution in [0.3, 0.4) is 0 Å². The van der Waals surface area contributed by atoms with Crippen LogP contribution in [0.2, 0.25) is 5.02 Å². The first-order valence-electron chi connectivity index (χ1n) is 9.33. The van der Waals surface area contributed by atoms with E-state index < -0.39 is 5.82 Å². The van der Waals surface area contributed by atoms with Gasteiger partial charge in [0.15, 0.2) is 5.16 Å². The third-order valence-corrected chi connectivity index (χ3v) is 6.63. The Hall–Kier alpha value is -2.68. The van der Waals surface area contributed by atoms with E-state index in [0.717, 1.165) is 5.56 Å². The van der Waals surface area contributed by atoms with E-state index in [9.17, 15) is 14.0 Å². The number of hydrogen-bond donors (Lipinski definition) is 1. The van der Waals surface area contributed by atoms with Gasteiger partial charge in [0.2, 0.25) is 5.91 Å². The number of aromatic nitrogens is 2. The number of benzene rings is 2. The van der Waals surface area contributed by atoms with Gasteiger partial charge in [0.05, 0.1) is 22.0 Å². The maximum Gasteiger partial charge on any atom is 0.276 e. The first-order valence-corrected chi connectivity index (χ1v) is 11.6. The average molecular weight is 474 g/mol. The highest BCUT2D eigenvalue weighted by molar-refractivity contribution is 7.99. The molecule has 9 heteroatoms. The zero-order chi connectivity index (χ0) is 22.0. The second-order valence-corrected chi connectivity index (χ2v) is 9.09. The molecule has 158 valence electrons. The molecule has 2 aromatic heterocycles. The van der Waals surface area contributed by atoms with Crippen LogP contribution in [0.25, 0.3) is 15.9 Å². The van der Waals surface area contributed by atoms with Crippen molar-refractivity contribution in [1.29, 1.82) is 0 Å². The van der Waals surface area contributed by atoms with Crippen molar-refractivity contribution in [2.45, 2.75) is 18.6 Å². The van der Waals surface area contributed by atoms with Gasteiger partial charge in [-0.05, 0) is 53.8 Å². The number of halogens is 2. The topological polar surface area (TPSA) is 64.0 Å². The van der Waals surface area contributed by atoms with E-state index in [4.69, 9.17) is 11.6 Å². The highest BCUT2D eigenvalue weighted by Gasteiger charge is 2.16. The van der Waals surface area contributed by atoms with E-state index in [1.54, 1.807) is 16.7 Å². The minimum atomic E-state index is -0.503. The van der Waals surface area contributed by atoms with Crippen molar-refractivity contribution in [3.05, 3.63) is 86.2 Å². The Morgan fingerprint density at radius 2 is 2.10 bits per heavy atom. The van der Waals surface area contributed by atoms with Gasteiger partial charge in [0.1, 0.15) is 10.5 Å². The van der Waals surface area contributed by atoms with Crippen LogP contribution in [0, 0.1) is 12.7 Å². The lowest BCUT2D eigenvalue weighted by Crippen LogP contribution is -2.26. The number of aryl methyl sites for hydroxylation is 1. The number of hydrogen-bond acceptors (Lipinski definition) is 5. The van der Waals surface area contributed by atoms with Crippen LogP contribution in [0.15, 0.2) is 63.9 Å². The van der Waals surface area contributed by atoms with Crippen molar-refractivity contribution in [2.24, 2.45) is 0 Å². The van der Waals surface area contributed by atoms with Crippen LogP contribution in [-0.2, 0) is 11.3 Å². The van der Waals surface area contributed by atoms with E-state index in [-0.39, 0.29) is 28.8 Å². The lowest BCUT2D eigenvalue weighted by Gasteiger charge is -2.12. The summed E-state index contributed by atoms with van der Waals surface area (Å²) in [4.78, 5) is 30.1. The van der Waals surface area contributed by atoms with Crippen molar-refractivity contribution in [2.75, 3.05) is 5.75 Å². The van der Waals surface area contributed by atoms with Gasteiger partial charge >= 0.3 is 0 Å². The first kappa shape index (κ1) is 21.5. The average Bonchev–Trinajstić information content (AvgIpc) is 3.22. The molecule has 5 nitrogen and oxygen atoms in total. The number of carbonyl (C=O) groups is 1. The third-order valence-electron chi connectivity index (χ3n) is 4.52. The molecule has 0 aliphatic carbocycles. The smallest absolute Gasteiger partial charge is 0.276 e. The van der Waals surface area contributed by atoms with Gasteiger partial charge in [-0.25, -0.2) is 9.37 Å². The fourth-order valence-corrected chi connectivity index (χ4v) is 4.82. The minimum Gasteiger partial charge on any atom is -0.351 e. The lowest BCUT2D eigenvalue weighted by atomic mass is 10.2. The van der Waals surface area contributed by atoms with Crippen molar-refractivity contribution >= 4 is 50.8 Å². The Bertz CT molecular complexity index is 1340. The maximum atomic E-state index is 13.3. The number of nitrogens with zero attached hydrogens (tertiary/aromatic N) is 2. The van der Waals surface area contributed by atoms with E-state index in [2.05, 4.69) is 10.3 Å². The Morgan fingerprint density at radius 1 is 1.26 bits per heavy atom. The van der Waals surface area contributed by atoms with E-state index >= 15 is 0 Å². The number of fused-ring (bicyclic) bond motifs is 1. The molecule has 1 amide bonds. The number of amides is 1. The van der Waals surface area contributed by atoms with Crippen LogP contribution in [-0.4, -0.2) is 21.2 Å². The molecular weight excluding hydrogens is 457 g/mol. The number of thioether (sulfide) groups is 1. The number of rotatable bonds is 6. The predicted molar refractivity (Wildman–Crippen MR) is 124 cm³/mol. The summed E-state index contributed by atoms with van der Waals surface area (Å²) in [6.45, 7) is 2.18. The Kier molecular flexibility index (Phi) is 6.41. The first-order chi connectivity index (χ1) is 14.9. The van der Waals surface area contributed by atoms with Crippen molar-refractivity contribution < 1.29 is 9.18 Å². The van der Waals surface area contributed by atoms with Crippen molar-refractivity contribution in [3.8, 4) is 5.69 Å². The second kappa shape index (κ2) is 9.21. The summed E-state index contributed by atoms with van der Waals surface area (Å²) in [6.07, 6.45) is 0. The van der Waals surface area contributed by atoms with Crippen LogP contribution in [0.4, 0.5) is 4.39 Å². The molecule has 31 heavy (non-hydrogen) atoms. The monoisotopic (exact) mass is 473 g/mol. The Morgan fingerprint density at radius 3 is 2.87 bits per heavy atom. The zero-order valence-corrected chi connectivity index (χ0v) is 18.8. The summed E-state index contributed by atoms with van der Waals surface area (Å²) in [7, 11) is 0. The highest BCUT2D eigenvalue weighted by atomic mass is 35.5. The van der Waals surface area contributed by atoms with E-state index in [1.807, 2.05) is 36.6 Å². The highest BCUT2D eigenvalue weighted by Crippen LogP contribution is 2.24. The molecule has 2 aromatic carbocycles. The summed E-state index contributed by atoms with van der Waals surface area (Å²) in [5, 5.41) is 5.06. The molecule has 0 aliphatic heterocycles. The minimum absolute atomic E-state index is 0.0107. The molecule has 4 aromatic rings. The SMILES string of the molecule is Cc1cccc(-n2c(SCC(=O)NCc3ccc(F)c(Cl)c3)nc3ccsc3c2=O)c1. The lowest BCUT2D eigenvalue weighted by molar-refractivity contribution is -0.118. The van der Waals surface area contributed by atoms with Gasteiger partial charge < -0.3 is 5.32 Å².